The Hall–Kier alpha value is -2.53. The van der Waals surface area contributed by atoms with Gasteiger partial charge in [-0.15, -0.1) is 0 Å². The van der Waals surface area contributed by atoms with Crippen LogP contribution >= 0.6 is 11.8 Å². The van der Waals surface area contributed by atoms with Crippen LogP contribution in [0, 0.1) is 6.92 Å². The van der Waals surface area contributed by atoms with Crippen molar-refractivity contribution in [3.8, 4) is 0 Å². The lowest BCUT2D eigenvalue weighted by Crippen LogP contribution is -2.10. The van der Waals surface area contributed by atoms with Crippen LogP contribution < -0.4 is 11.4 Å². The van der Waals surface area contributed by atoms with Crippen molar-refractivity contribution < 1.29 is 4.42 Å². The summed E-state index contributed by atoms with van der Waals surface area (Å²) in [6.45, 7) is 8.40. The summed E-state index contributed by atoms with van der Waals surface area (Å²) in [5.41, 5.74) is 10.9. The van der Waals surface area contributed by atoms with Crippen LogP contribution in [0.4, 0.5) is 0 Å². The van der Waals surface area contributed by atoms with Gasteiger partial charge in [0.25, 0.3) is 0 Å². The molecule has 3 aromatic rings. The van der Waals surface area contributed by atoms with E-state index in [2.05, 4.69) is 24.9 Å². The van der Waals surface area contributed by atoms with Gasteiger partial charge in [-0.1, -0.05) is 55.9 Å². The molecule has 4 nitrogen and oxygen atoms in total. The molecule has 3 rings (SSSR count). The molecule has 0 fully saturated rings. The molecule has 0 bridgehead atoms. The van der Waals surface area contributed by atoms with E-state index < -0.39 is 0 Å². The van der Waals surface area contributed by atoms with Gasteiger partial charge in [0.15, 0.2) is 5.17 Å². The molecule has 0 radical (unpaired) electrons. The lowest BCUT2D eigenvalue weighted by molar-refractivity contribution is 0.559. The van der Waals surface area contributed by atoms with E-state index in [4.69, 9.17) is 10.2 Å². The van der Waals surface area contributed by atoms with Gasteiger partial charge < -0.3 is 10.2 Å². The molecular weight excluding hydrogens is 368 g/mol. The van der Waals surface area contributed by atoms with Crippen molar-refractivity contribution in [2.45, 2.75) is 45.4 Å². The van der Waals surface area contributed by atoms with Crippen LogP contribution in [0.25, 0.3) is 11.0 Å². The van der Waals surface area contributed by atoms with Gasteiger partial charge in [-0.3, -0.25) is 4.99 Å². The van der Waals surface area contributed by atoms with Gasteiger partial charge in [0.1, 0.15) is 5.58 Å². The van der Waals surface area contributed by atoms with Gasteiger partial charge in [0.2, 0.25) is 0 Å². The molecule has 0 amide bonds. The Balaban J connectivity index is 1.86. The number of rotatable bonds is 5. The van der Waals surface area contributed by atoms with Gasteiger partial charge in [0, 0.05) is 17.2 Å². The summed E-state index contributed by atoms with van der Waals surface area (Å²) in [5, 5.41) is 1.47. The zero-order chi connectivity index (χ0) is 20.3. The number of hydrogen-bond donors (Lipinski definition) is 1. The Morgan fingerprint density at radius 2 is 1.86 bits per heavy atom. The molecule has 2 N–H and O–H groups in total. The maximum atomic E-state index is 12.0. The zero-order valence-corrected chi connectivity index (χ0v) is 17.5. The van der Waals surface area contributed by atoms with Crippen LogP contribution in [0.2, 0.25) is 0 Å². The third-order valence-electron chi connectivity index (χ3n) is 4.82. The molecule has 0 spiro atoms. The Morgan fingerprint density at radius 1 is 1.14 bits per heavy atom. The smallest absolute Gasteiger partial charge is 0.336 e. The molecule has 0 saturated heterocycles. The van der Waals surface area contributed by atoms with E-state index in [0.29, 0.717) is 22.4 Å². The molecule has 0 saturated carbocycles. The van der Waals surface area contributed by atoms with E-state index in [0.717, 1.165) is 22.1 Å². The Kier molecular flexibility index (Phi) is 6.25. The fraction of sp³-hybridized carbons (Fsp3) is 0.304. The second-order valence-electron chi connectivity index (χ2n) is 7.29. The highest BCUT2D eigenvalue weighted by atomic mass is 32.2. The number of amidine groups is 1. The first-order valence-electron chi connectivity index (χ1n) is 9.43. The molecule has 1 atom stereocenters. The Bertz CT molecular complexity index is 1060. The van der Waals surface area contributed by atoms with E-state index in [1.54, 1.807) is 6.07 Å². The Morgan fingerprint density at radius 3 is 2.54 bits per heavy atom. The minimum absolute atomic E-state index is 0.0125. The number of hydrogen-bond acceptors (Lipinski definition) is 4. The third-order valence-corrected chi connectivity index (χ3v) is 5.67. The van der Waals surface area contributed by atoms with Crippen LogP contribution in [0.3, 0.4) is 0 Å². The highest BCUT2D eigenvalue weighted by Crippen LogP contribution is 2.29. The van der Waals surface area contributed by atoms with E-state index in [1.807, 2.05) is 50.2 Å². The standard InChI is InChI=1S/C23H26N2O2S/c1-14(2)19-12-20-18(11-22(26)27-21(20)10-15(19)3)13-28-23(24)25-16(4)17-8-6-5-7-9-17/h5-12,14,16H,13H2,1-4H3,(H2,24,25)/t16-/m0/s1. The van der Waals surface area contributed by atoms with Crippen LogP contribution in [-0.4, -0.2) is 5.17 Å². The number of nitrogens with zero attached hydrogens (tertiary/aromatic N) is 1. The van der Waals surface area contributed by atoms with Crippen LogP contribution in [0.5, 0.6) is 0 Å². The molecule has 1 heterocycles. The molecule has 1 aromatic heterocycles. The fourth-order valence-electron chi connectivity index (χ4n) is 3.32. The third kappa shape index (κ3) is 4.65. The van der Waals surface area contributed by atoms with Crippen LogP contribution in [0.1, 0.15) is 55.0 Å². The fourth-order valence-corrected chi connectivity index (χ4v) is 4.09. The largest absolute Gasteiger partial charge is 0.423 e. The number of thioether (sulfide) groups is 1. The molecule has 28 heavy (non-hydrogen) atoms. The lowest BCUT2D eigenvalue weighted by atomic mass is 9.95. The molecular formula is C23H26N2O2S. The SMILES string of the molecule is Cc1cc2oc(=O)cc(CSC(N)=N[C@@H](C)c3ccccc3)c2cc1C(C)C. The van der Waals surface area contributed by atoms with Crippen molar-refractivity contribution in [2.24, 2.45) is 10.7 Å². The van der Waals surface area contributed by atoms with Crippen molar-refractivity contribution in [3.05, 3.63) is 81.2 Å². The highest BCUT2D eigenvalue weighted by Gasteiger charge is 2.12. The minimum Gasteiger partial charge on any atom is -0.423 e. The van der Waals surface area contributed by atoms with E-state index >= 15 is 0 Å². The first-order chi connectivity index (χ1) is 13.3. The summed E-state index contributed by atoms with van der Waals surface area (Å²) < 4.78 is 5.42. The highest BCUT2D eigenvalue weighted by molar-refractivity contribution is 8.13. The normalized spacial score (nSPS) is 13.2. The van der Waals surface area contributed by atoms with Crippen molar-refractivity contribution in [1.29, 1.82) is 0 Å². The predicted molar refractivity (Wildman–Crippen MR) is 119 cm³/mol. The summed E-state index contributed by atoms with van der Waals surface area (Å²) >= 11 is 1.44. The number of fused-ring (bicyclic) bond motifs is 1. The average molecular weight is 395 g/mol. The van der Waals surface area contributed by atoms with Crippen molar-refractivity contribution in [3.63, 3.8) is 0 Å². The minimum atomic E-state index is -0.340. The lowest BCUT2D eigenvalue weighted by Gasteiger charge is -2.13. The molecule has 0 aliphatic carbocycles. The van der Waals surface area contributed by atoms with Gasteiger partial charge in [-0.2, -0.15) is 0 Å². The zero-order valence-electron chi connectivity index (χ0n) is 16.7. The number of benzene rings is 2. The first-order valence-corrected chi connectivity index (χ1v) is 10.4. The quantitative estimate of drug-likeness (QED) is 0.351. The van der Waals surface area contributed by atoms with E-state index in [1.165, 1.54) is 17.3 Å². The predicted octanol–water partition coefficient (Wildman–Crippen LogP) is 5.53. The Labute approximate surface area is 169 Å². The van der Waals surface area contributed by atoms with Crippen molar-refractivity contribution >= 4 is 27.9 Å². The van der Waals surface area contributed by atoms with Crippen LogP contribution in [0.15, 0.2) is 62.7 Å². The van der Waals surface area contributed by atoms with E-state index in [9.17, 15) is 4.79 Å². The monoisotopic (exact) mass is 394 g/mol. The summed E-state index contributed by atoms with van der Waals surface area (Å²) in [7, 11) is 0. The molecule has 5 heteroatoms. The molecule has 0 unspecified atom stereocenters. The molecule has 0 aliphatic heterocycles. The number of nitrogens with two attached hydrogens (primary N) is 1. The maximum Gasteiger partial charge on any atom is 0.336 e. The summed E-state index contributed by atoms with van der Waals surface area (Å²) in [6.07, 6.45) is 0. The topological polar surface area (TPSA) is 68.6 Å². The summed E-state index contributed by atoms with van der Waals surface area (Å²) in [5.74, 6) is 0.967. The van der Waals surface area contributed by atoms with E-state index in [-0.39, 0.29) is 11.7 Å². The average Bonchev–Trinajstić information content (AvgIpc) is 2.65. The molecule has 2 aromatic carbocycles. The summed E-state index contributed by atoms with van der Waals surface area (Å²) in [6, 6.07) is 15.7. The summed E-state index contributed by atoms with van der Waals surface area (Å²) in [4.78, 5) is 16.6. The second-order valence-corrected chi connectivity index (χ2v) is 8.29. The first kappa shape index (κ1) is 20.2. The van der Waals surface area contributed by atoms with Gasteiger partial charge in [0.05, 0.1) is 6.04 Å². The van der Waals surface area contributed by atoms with Gasteiger partial charge in [-0.25, -0.2) is 4.79 Å². The maximum absolute atomic E-state index is 12.0. The molecule has 0 aliphatic rings. The number of aryl methyl sites for hydroxylation is 1. The van der Waals surface area contributed by atoms with Gasteiger partial charge in [-0.05, 0) is 54.2 Å². The number of aliphatic imine (C=N–C) groups is 1. The van der Waals surface area contributed by atoms with Crippen molar-refractivity contribution in [2.75, 3.05) is 0 Å². The van der Waals surface area contributed by atoms with Crippen LogP contribution in [-0.2, 0) is 5.75 Å². The second kappa shape index (κ2) is 8.65. The molecule has 146 valence electrons. The van der Waals surface area contributed by atoms with Gasteiger partial charge >= 0.3 is 5.63 Å². The van der Waals surface area contributed by atoms with Crippen molar-refractivity contribution in [1.82, 2.24) is 0 Å².